The average molecular weight is 385 g/mol. The quantitative estimate of drug-likeness (QED) is 0.609. The highest BCUT2D eigenvalue weighted by Gasteiger charge is 2.30. The van der Waals surface area contributed by atoms with Crippen LogP contribution in [0.25, 0.3) is 22.2 Å². The summed E-state index contributed by atoms with van der Waals surface area (Å²) < 4.78 is 44.6. The molecule has 0 saturated heterocycles. The number of hydrogen-bond acceptors (Lipinski definition) is 3. The molecule has 144 valence electrons. The molecule has 4 rings (SSSR count). The molecule has 0 spiro atoms. The van der Waals surface area contributed by atoms with Gasteiger partial charge in [-0.05, 0) is 49.1 Å². The third-order valence-electron chi connectivity index (χ3n) is 5.11. The highest BCUT2D eigenvalue weighted by Crippen LogP contribution is 2.43. The Balaban J connectivity index is 1.89. The molecule has 2 aromatic carbocycles. The van der Waals surface area contributed by atoms with E-state index in [1.54, 1.807) is 24.3 Å². The van der Waals surface area contributed by atoms with E-state index < -0.39 is 12.8 Å². The summed E-state index contributed by atoms with van der Waals surface area (Å²) in [7, 11) is 0. The minimum Gasteiger partial charge on any atom is -0.484 e. The fraction of sp³-hybridized carbons (Fsp3) is 0.286. The van der Waals surface area contributed by atoms with Crippen molar-refractivity contribution < 1.29 is 17.9 Å². The molecule has 0 radical (unpaired) electrons. The number of alkyl halides is 3. The molecule has 0 atom stereocenters. The first kappa shape index (κ1) is 18.2. The molecule has 1 saturated carbocycles. The fourth-order valence-electron chi connectivity index (χ4n) is 3.61. The van der Waals surface area contributed by atoms with Crippen molar-refractivity contribution >= 4 is 16.6 Å². The molecule has 1 aromatic heterocycles. The van der Waals surface area contributed by atoms with Gasteiger partial charge in [-0.3, -0.25) is 0 Å². The van der Waals surface area contributed by atoms with Gasteiger partial charge in [0.05, 0.1) is 16.8 Å². The number of nitrogens with zero attached hydrogens (tertiary/aromatic N) is 2. The lowest BCUT2D eigenvalue weighted by molar-refractivity contribution is -0.153. The summed E-state index contributed by atoms with van der Waals surface area (Å²) in [5.41, 5.74) is 9.27. The average Bonchev–Trinajstić information content (AvgIpc) is 2.92. The molecule has 2 N–H and O–H groups in total. The van der Waals surface area contributed by atoms with E-state index in [9.17, 15) is 18.4 Å². The van der Waals surface area contributed by atoms with E-state index in [0.29, 0.717) is 22.2 Å². The van der Waals surface area contributed by atoms with E-state index in [-0.39, 0.29) is 11.8 Å². The lowest BCUT2D eigenvalue weighted by atomic mass is 9.92. The van der Waals surface area contributed by atoms with Crippen molar-refractivity contribution in [3.05, 3.63) is 48.0 Å². The molecule has 1 fully saturated rings. The Morgan fingerprint density at radius 2 is 1.86 bits per heavy atom. The molecule has 1 aliphatic rings. The number of halogens is 3. The number of nitrogen functional groups attached to an aromatic ring is 1. The maximum atomic E-state index is 12.5. The Labute approximate surface area is 159 Å². The summed E-state index contributed by atoms with van der Waals surface area (Å²) in [5, 5.41) is 10.5. The van der Waals surface area contributed by atoms with Crippen molar-refractivity contribution in [3.8, 4) is 23.1 Å². The van der Waals surface area contributed by atoms with E-state index in [0.717, 1.165) is 30.5 Å². The van der Waals surface area contributed by atoms with Crippen molar-refractivity contribution in [1.29, 1.82) is 5.26 Å². The number of aromatic nitrogens is 1. The second-order valence-corrected chi connectivity index (χ2v) is 6.99. The SMILES string of the molecule is N#Cc1c(-c2ccc(N)cc2)n(C2CCC2)c2cc(OCC(F)(F)F)ccc12. The van der Waals surface area contributed by atoms with Crippen LogP contribution in [0.2, 0.25) is 0 Å². The molecule has 0 amide bonds. The molecular weight excluding hydrogens is 367 g/mol. The van der Waals surface area contributed by atoms with Gasteiger partial charge in [-0.15, -0.1) is 0 Å². The summed E-state index contributed by atoms with van der Waals surface area (Å²) in [6.07, 6.45) is -1.40. The van der Waals surface area contributed by atoms with Crippen molar-refractivity contribution in [1.82, 2.24) is 4.57 Å². The molecule has 0 bridgehead atoms. The van der Waals surface area contributed by atoms with Crippen LogP contribution in [0.1, 0.15) is 30.9 Å². The van der Waals surface area contributed by atoms with E-state index in [2.05, 4.69) is 10.6 Å². The molecule has 4 nitrogen and oxygen atoms in total. The fourth-order valence-corrected chi connectivity index (χ4v) is 3.61. The molecule has 28 heavy (non-hydrogen) atoms. The van der Waals surface area contributed by atoms with Gasteiger partial charge in [-0.25, -0.2) is 0 Å². The Morgan fingerprint density at radius 3 is 2.43 bits per heavy atom. The Hall–Kier alpha value is -3.14. The third-order valence-corrected chi connectivity index (χ3v) is 5.11. The first-order chi connectivity index (χ1) is 13.4. The number of hydrogen-bond donors (Lipinski definition) is 1. The van der Waals surface area contributed by atoms with E-state index in [1.807, 2.05) is 12.1 Å². The van der Waals surface area contributed by atoms with Gasteiger partial charge in [0.2, 0.25) is 0 Å². The van der Waals surface area contributed by atoms with E-state index in [1.165, 1.54) is 6.07 Å². The second kappa shape index (κ2) is 6.79. The van der Waals surface area contributed by atoms with Gasteiger partial charge in [0.15, 0.2) is 6.61 Å². The van der Waals surface area contributed by atoms with Crippen molar-refractivity contribution in [2.24, 2.45) is 0 Å². The van der Waals surface area contributed by atoms with Gasteiger partial charge in [0.25, 0.3) is 0 Å². The van der Waals surface area contributed by atoms with Gasteiger partial charge in [0.1, 0.15) is 11.8 Å². The van der Waals surface area contributed by atoms with Crippen LogP contribution in [0.15, 0.2) is 42.5 Å². The van der Waals surface area contributed by atoms with Crippen molar-refractivity contribution in [2.75, 3.05) is 12.3 Å². The van der Waals surface area contributed by atoms with Crippen LogP contribution in [0.3, 0.4) is 0 Å². The topological polar surface area (TPSA) is 64.0 Å². The van der Waals surface area contributed by atoms with E-state index >= 15 is 0 Å². The second-order valence-electron chi connectivity index (χ2n) is 6.99. The van der Waals surface area contributed by atoms with Crippen LogP contribution in [0.5, 0.6) is 5.75 Å². The zero-order valence-corrected chi connectivity index (χ0v) is 15.0. The Bertz CT molecular complexity index is 1060. The maximum absolute atomic E-state index is 12.5. The minimum absolute atomic E-state index is 0.135. The van der Waals surface area contributed by atoms with Crippen LogP contribution < -0.4 is 10.5 Å². The number of ether oxygens (including phenoxy) is 1. The normalized spacial score (nSPS) is 14.6. The van der Waals surface area contributed by atoms with Gasteiger partial charge in [0, 0.05) is 23.2 Å². The van der Waals surface area contributed by atoms with Crippen molar-refractivity contribution in [3.63, 3.8) is 0 Å². The smallest absolute Gasteiger partial charge is 0.422 e. The predicted octanol–water partition coefficient (Wildman–Crippen LogP) is 5.43. The number of fused-ring (bicyclic) bond motifs is 1. The van der Waals surface area contributed by atoms with Crippen molar-refractivity contribution in [2.45, 2.75) is 31.5 Å². The molecule has 3 aromatic rings. The van der Waals surface area contributed by atoms with E-state index in [4.69, 9.17) is 10.5 Å². The molecular formula is C21H18F3N3O. The third kappa shape index (κ3) is 3.26. The van der Waals surface area contributed by atoms with Gasteiger partial charge < -0.3 is 15.0 Å². The lowest BCUT2D eigenvalue weighted by Crippen LogP contribution is -2.19. The van der Waals surface area contributed by atoms with Crippen LogP contribution in [-0.2, 0) is 0 Å². The Morgan fingerprint density at radius 1 is 1.14 bits per heavy atom. The molecule has 0 aliphatic heterocycles. The molecule has 1 aliphatic carbocycles. The van der Waals surface area contributed by atoms with Gasteiger partial charge in [-0.1, -0.05) is 12.1 Å². The lowest BCUT2D eigenvalue weighted by Gasteiger charge is -2.30. The van der Waals surface area contributed by atoms with Crippen LogP contribution >= 0.6 is 0 Å². The largest absolute Gasteiger partial charge is 0.484 e. The van der Waals surface area contributed by atoms with Gasteiger partial charge in [-0.2, -0.15) is 18.4 Å². The minimum atomic E-state index is -4.40. The summed E-state index contributed by atoms with van der Waals surface area (Å²) >= 11 is 0. The summed E-state index contributed by atoms with van der Waals surface area (Å²) in [4.78, 5) is 0. The number of anilines is 1. The summed E-state index contributed by atoms with van der Waals surface area (Å²) in [6.45, 7) is -1.35. The first-order valence-corrected chi connectivity index (χ1v) is 9.01. The van der Waals surface area contributed by atoms with Crippen LogP contribution in [0, 0.1) is 11.3 Å². The highest BCUT2D eigenvalue weighted by molar-refractivity contribution is 5.95. The number of benzene rings is 2. The first-order valence-electron chi connectivity index (χ1n) is 9.01. The predicted molar refractivity (Wildman–Crippen MR) is 101 cm³/mol. The molecule has 0 unspecified atom stereocenters. The maximum Gasteiger partial charge on any atom is 0.422 e. The Kier molecular flexibility index (Phi) is 4.42. The zero-order valence-electron chi connectivity index (χ0n) is 15.0. The summed E-state index contributed by atoms with van der Waals surface area (Å²) in [5.74, 6) is 0.135. The summed E-state index contributed by atoms with van der Waals surface area (Å²) in [6, 6.07) is 14.5. The number of nitrogens with two attached hydrogens (primary N) is 1. The highest BCUT2D eigenvalue weighted by atomic mass is 19.4. The van der Waals surface area contributed by atoms with Crippen LogP contribution in [0.4, 0.5) is 18.9 Å². The standard InChI is InChI=1S/C21H18F3N3O/c22-21(23,24)12-28-16-8-9-17-18(11-25)20(13-4-6-14(26)7-5-13)27(19(17)10-16)15-2-1-3-15/h4-10,15H,1-3,12,26H2. The zero-order chi connectivity index (χ0) is 19.9. The number of rotatable bonds is 4. The number of nitriles is 1. The monoisotopic (exact) mass is 385 g/mol. The van der Waals surface area contributed by atoms with Crippen LogP contribution in [-0.4, -0.2) is 17.4 Å². The molecule has 1 heterocycles. The molecule has 7 heteroatoms. The van der Waals surface area contributed by atoms with Gasteiger partial charge >= 0.3 is 6.18 Å².